The fraction of sp³-hybridized carbons (Fsp3) is 0.800. The summed E-state index contributed by atoms with van der Waals surface area (Å²) in [7, 11) is 0. The Balaban J connectivity index is 3.73. The van der Waals surface area contributed by atoms with Crippen molar-refractivity contribution in [2.45, 2.75) is 39.5 Å². The highest BCUT2D eigenvalue weighted by Crippen LogP contribution is 2.09. The fourth-order valence-corrected chi connectivity index (χ4v) is 1.10. The molecule has 0 amide bonds. The SMILES string of the molecule is CCCCCC(C=O)C(=O)OCC. The number of rotatable bonds is 7. The second kappa shape index (κ2) is 7.77. The summed E-state index contributed by atoms with van der Waals surface area (Å²) < 4.78 is 4.76. The summed E-state index contributed by atoms with van der Waals surface area (Å²) in [5.41, 5.74) is 0. The van der Waals surface area contributed by atoms with E-state index >= 15 is 0 Å². The van der Waals surface area contributed by atoms with Gasteiger partial charge in [0, 0.05) is 0 Å². The van der Waals surface area contributed by atoms with Crippen molar-refractivity contribution in [2.24, 2.45) is 5.92 Å². The molecule has 0 saturated heterocycles. The number of carbonyl (C=O) groups is 2. The van der Waals surface area contributed by atoms with Gasteiger partial charge in [-0.05, 0) is 13.3 Å². The number of esters is 1. The molecule has 1 unspecified atom stereocenters. The zero-order valence-corrected chi connectivity index (χ0v) is 8.41. The van der Waals surface area contributed by atoms with Gasteiger partial charge in [0.1, 0.15) is 12.2 Å². The monoisotopic (exact) mass is 186 g/mol. The minimum Gasteiger partial charge on any atom is -0.465 e. The van der Waals surface area contributed by atoms with Crippen LogP contribution in [0.25, 0.3) is 0 Å². The van der Waals surface area contributed by atoms with E-state index in [1.807, 2.05) is 0 Å². The summed E-state index contributed by atoms with van der Waals surface area (Å²) in [5, 5.41) is 0. The van der Waals surface area contributed by atoms with Gasteiger partial charge in [0.25, 0.3) is 0 Å². The minimum atomic E-state index is -0.550. The molecule has 0 aliphatic rings. The van der Waals surface area contributed by atoms with Gasteiger partial charge in [-0.15, -0.1) is 0 Å². The maximum absolute atomic E-state index is 11.1. The number of unbranched alkanes of at least 4 members (excludes halogenated alkanes) is 2. The average Bonchev–Trinajstić information content (AvgIpc) is 2.13. The number of hydrogen-bond donors (Lipinski definition) is 0. The molecule has 0 N–H and O–H groups in total. The molecule has 0 saturated carbocycles. The molecule has 0 aromatic heterocycles. The lowest BCUT2D eigenvalue weighted by Gasteiger charge is -2.08. The van der Waals surface area contributed by atoms with Crippen molar-refractivity contribution < 1.29 is 14.3 Å². The van der Waals surface area contributed by atoms with E-state index in [9.17, 15) is 9.59 Å². The van der Waals surface area contributed by atoms with E-state index < -0.39 is 5.92 Å². The Morgan fingerprint density at radius 3 is 2.54 bits per heavy atom. The van der Waals surface area contributed by atoms with E-state index in [0.717, 1.165) is 19.3 Å². The summed E-state index contributed by atoms with van der Waals surface area (Å²) in [6, 6.07) is 0. The smallest absolute Gasteiger partial charge is 0.316 e. The summed E-state index contributed by atoms with van der Waals surface area (Å²) in [6.07, 6.45) is 4.38. The first kappa shape index (κ1) is 12.1. The Labute approximate surface area is 79.5 Å². The molecule has 0 heterocycles. The van der Waals surface area contributed by atoms with Crippen LogP contribution < -0.4 is 0 Å². The van der Waals surface area contributed by atoms with Crippen molar-refractivity contribution >= 4 is 12.3 Å². The third kappa shape index (κ3) is 5.39. The van der Waals surface area contributed by atoms with Gasteiger partial charge in [-0.2, -0.15) is 0 Å². The first-order valence-electron chi connectivity index (χ1n) is 4.88. The number of carbonyl (C=O) groups excluding carboxylic acids is 2. The third-order valence-corrected chi connectivity index (χ3v) is 1.87. The van der Waals surface area contributed by atoms with Gasteiger partial charge >= 0.3 is 5.97 Å². The topological polar surface area (TPSA) is 43.4 Å². The predicted molar refractivity (Wildman–Crippen MR) is 50.3 cm³/mol. The standard InChI is InChI=1S/C10H18O3/c1-3-5-6-7-9(8-11)10(12)13-4-2/h8-9H,3-7H2,1-2H3. The van der Waals surface area contributed by atoms with Gasteiger partial charge < -0.3 is 9.53 Å². The first-order valence-corrected chi connectivity index (χ1v) is 4.88. The molecule has 1 atom stereocenters. The molecule has 0 fully saturated rings. The zero-order valence-electron chi connectivity index (χ0n) is 8.41. The van der Waals surface area contributed by atoms with Gasteiger partial charge in [-0.3, -0.25) is 4.79 Å². The number of hydrogen-bond acceptors (Lipinski definition) is 3. The van der Waals surface area contributed by atoms with Gasteiger partial charge in [0.15, 0.2) is 0 Å². The maximum atomic E-state index is 11.1. The summed E-state index contributed by atoms with van der Waals surface area (Å²) in [6.45, 7) is 4.17. The van der Waals surface area contributed by atoms with Crippen LogP contribution in [0.2, 0.25) is 0 Å². The Morgan fingerprint density at radius 1 is 1.38 bits per heavy atom. The highest BCUT2D eigenvalue weighted by atomic mass is 16.5. The van der Waals surface area contributed by atoms with E-state index in [1.54, 1.807) is 6.92 Å². The highest BCUT2D eigenvalue weighted by molar-refractivity contribution is 5.87. The van der Waals surface area contributed by atoms with Crippen LogP contribution in [0.3, 0.4) is 0 Å². The van der Waals surface area contributed by atoms with Crippen LogP contribution in [0, 0.1) is 5.92 Å². The molecule has 0 aliphatic carbocycles. The van der Waals surface area contributed by atoms with E-state index in [1.165, 1.54) is 0 Å². The normalized spacial score (nSPS) is 12.2. The quantitative estimate of drug-likeness (QED) is 0.264. The molecule has 76 valence electrons. The molecule has 0 aromatic carbocycles. The minimum absolute atomic E-state index is 0.344. The average molecular weight is 186 g/mol. The van der Waals surface area contributed by atoms with E-state index in [0.29, 0.717) is 19.3 Å². The van der Waals surface area contributed by atoms with Crippen LogP contribution in [0.5, 0.6) is 0 Å². The molecule has 0 rings (SSSR count). The molecule has 13 heavy (non-hydrogen) atoms. The van der Waals surface area contributed by atoms with Crippen LogP contribution in [0.1, 0.15) is 39.5 Å². The van der Waals surface area contributed by atoms with Crippen LogP contribution >= 0.6 is 0 Å². The summed E-state index contributed by atoms with van der Waals surface area (Å²) in [4.78, 5) is 21.6. The maximum Gasteiger partial charge on any atom is 0.316 e. The summed E-state index contributed by atoms with van der Waals surface area (Å²) >= 11 is 0. The van der Waals surface area contributed by atoms with Gasteiger partial charge in [-0.25, -0.2) is 0 Å². The molecular weight excluding hydrogens is 168 g/mol. The van der Waals surface area contributed by atoms with Gasteiger partial charge in [-0.1, -0.05) is 26.2 Å². The summed E-state index contributed by atoms with van der Waals surface area (Å²) in [5.74, 6) is -0.930. The Hall–Kier alpha value is -0.860. The van der Waals surface area contributed by atoms with Crippen molar-refractivity contribution in [2.75, 3.05) is 6.61 Å². The Kier molecular flexibility index (Phi) is 7.26. The third-order valence-electron chi connectivity index (χ3n) is 1.87. The van der Waals surface area contributed by atoms with E-state index in [-0.39, 0.29) is 5.97 Å². The van der Waals surface area contributed by atoms with Crippen molar-refractivity contribution in [3.05, 3.63) is 0 Å². The largest absolute Gasteiger partial charge is 0.465 e. The van der Waals surface area contributed by atoms with Gasteiger partial charge in [0.05, 0.1) is 6.61 Å². The van der Waals surface area contributed by atoms with Crippen LogP contribution in [0.15, 0.2) is 0 Å². The fourth-order valence-electron chi connectivity index (χ4n) is 1.10. The van der Waals surface area contributed by atoms with Crippen LogP contribution in [0.4, 0.5) is 0 Å². The molecular formula is C10H18O3. The predicted octanol–water partition coefficient (Wildman–Crippen LogP) is 1.94. The van der Waals surface area contributed by atoms with E-state index in [4.69, 9.17) is 4.74 Å². The molecule has 0 spiro atoms. The molecule has 0 bridgehead atoms. The van der Waals surface area contributed by atoms with Crippen LogP contribution in [-0.4, -0.2) is 18.9 Å². The molecule has 0 aliphatic heterocycles. The molecule has 3 nitrogen and oxygen atoms in total. The Morgan fingerprint density at radius 2 is 2.08 bits per heavy atom. The first-order chi connectivity index (χ1) is 6.26. The number of aldehydes is 1. The molecule has 3 heteroatoms. The second-order valence-electron chi connectivity index (χ2n) is 2.99. The molecule has 0 radical (unpaired) electrons. The lowest BCUT2D eigenvalue weighted by molar-refractivity contribution is -0.149. The Bertz CT molecular complexity index is 154. The van der Waals surface area contributed by atoms with Gasteiger partial charge in [0.2, 0.25) is 0 Å². The van der Waals surface area contributed by atoms with Crippen LogP contribution in [-0.2, 0) is 14.3 Å². The van der Waals surface area contributed by atoms with Crippen molar-refractivity contribution in [3.8, 4) is 0 Å². The van der Waals surface area contributed by atoms with Crippen molar-refractivity contribution in [1.82, 2.24) is 0 Å². The lowest BCUT2D eigenvalue weighted by atomic mass is 10.0. The zero-order chi connectivity index (χ0) is 10.1. The van der Waals surface area contributed by atoms with Crippen molar-refractivity contribution in [1.29, 1.82) is 0 Å². The lowest BCUT2D eigenvalue weighted by Crippen LogP contribution is -2.18. The second-order valence-corrected chi connectivity index (χ2v) is 2.99. The highest BCUT2D eigenvalue weighted by Gasteiger charge is 2.17. The van der Waals surface area contributed by atoms with Crippen molar-refractivity contribution in [3.63, 3.8) is 0 Å². The van der Waals surface area contributed by atoms with E-state index in [2.05, 4.69) is 6.92 Å². The number of ether oxygens (including phenoxy) is 1. The molecule has 0 aromatic rings.